The molecule has 35 heavy (non-hydrogen) atoms. The Hall–Kier alpha value is -3.46. The van der Waals surface area contributed by atoms with Crippen LogP contribution in [0.2, 0.25) is 0 Å². The van der Waals surface area contributed by atoms with Gasteiger partial charge in [0.1, 0.15) is 0 Å². The molecule has 4 rings (SSSR count). The van der Waals surface area contributed by atoms with E-state index in [0.29, 0.717) is 20.6 Å². The SMILES string of the molecule is CCOC(=O)C1=C(C)N=c2s/c(=C/c3c(C)nn(CC)c3C)c(=O)n2[C@H]1c1ccc(N(C)C)cc1. The molecule has 3 heterocycles. The molecule has 1 aromatic carbocycles. The number of rotatable bonds is 6. The van der Waals surface area contributed by atoms with Gasteiger partial charge in [-0.2, -0.15) is 5.10 Å². The number of benzene rings is 1. The summed E-state index contributed by atoms with van der Waals surface area (Å²) in [6, 6.07) is 7.25. The highest BCUT2D eigenvalue weighted by Crippen LogP contribution is 2.31. The Labute approximate surface area is 208 Å². The maximum Gasteiger partial charge on any atom is 0.338 e. The number of ether oxygens (including phenoxy) is 1. The number of carbonyl (C=O) groups is 1. The van der Waals surface area contributed by atoms with E-state index < -0.39 is 12.0 Å². The zero-order valence-electron chi connectivity index (χ0n) is 21.2. The summed E-state index contributed by atoms with van der Waals surface area (Å²) in [5, 5.41) is 4.57. The van der Waals surface area contributed by atoms with Crippen molar-refractivity contribution in [2.75, 3.05) is 25.6 Å². The van der Waals surface area contributed by atoms with Crippen LogP contribution in [0.15, 0.2) is 45.3 Å². The molecule has 8 nitrogen and oxygen atoms in total. The third kappa shape index (κ3) is 4.36. The molecule has 0 saturated carbocycles. The Kier molecular flexibility index (Phi) is 6.80. The summed E-state index contributed by atoms with van der Waals surface area (Å²) in [7, 11) is 3.94. The van der Waals surface area contributed by atoms with Gasteiger partial charge in [-0.3, -0.25) is 14.0 Å². The lowest BCUT2D eigenvalue weighted by Gasteiger charge is -2.25. The molecule has 1 aliphatic rings. The Morgan fingerprint density at radius 2 is 1.86 bits per heavy atom. The van der Waals surface area contributed by atoms with E-state index in [1.165, 1.54) is 11.3 Å². The van der Waals surface area contributed by atoms with Crippen molar-refractivity contribution < 1.29 is 9.53 Å². The minimum Gasteiger partial charge on any atom is -0.463 e. The normalized spacial score (nSPS) is 15.7. The van der Waals surface area contributed by atoms with Gasteiger partial charge in [-0.05, 0) is 58.4 Å². The fourth-order valence-corrected chi connectivity index (χ4v) is 5.45. The average molecular weight is 494 g/mol. The minimum atomic E-state index is -0.621. The highest BCUT2D eigenvalue weighted by atomic mass is 32.1. The van der Waals surface area contributed by atoms with E-state index in [1.807, 2.05) is 74.8 Å². The van der Waals surface area contributed by atoms with Crippen molar-refractivity contribution in [2.45, 2.75) is 47.2 Å². The van der Waals surface area contributed by atoms with Crippen molar-refractivity contribution in [3.63, 3.8) is 0 Å². The Morgan fingerprint density at radius 3 is 2.43 bits per heavy atom. The lowest BCUT2D eigenvalue weighted by atomic mass is 9.95. The van der Waals surface area contributed by atoms with Gasteiger partial charge < -0.3 is 9.64 Å². The molecule has 0 amide bonds. The molecule has 0 fully saturated rings. The van der Waals surface area contributed by atoms with E-state index in [-0.39, 0.29) is 12.2 Å². The van der Waals surface area contributed by atoms with Gasteiger partial charge in [0.25, 0.3) is 5.56 Å². The predicted octanol–water partition coefficient (Wildman–Crippen LogP) is 2.70. The molecule has 9 heteroatoms. The van der Waals surface area contributed by atoms with Crippen molar-refractivity contribution in [3.8, 4) is 0 Å². The molecule has 0 N–H and O–H groups in total. The van der Waals surface area contributed by atoms with Crippen LogP contribution in [0.25, 0.3) is 6.08 Å². The molecule has 0 aliphatic carbocycles. The van der Waals surface area contributed by atoms with E-state index >= 15 is 0 Å². The second-order valence-electron chi connectivity index (χ2n) is 8.69. The molecule has 0 unspecified atom stereocenters. The molecule has 184 valence electrons. The van der Waals surface area contributed by atoms with Crippen LogP contribution in [0.3, 0.4) is 0 Å². The number of hydrogen-bond donors (Lipinski definition) is 0. The van der Waals surface area contributed by atoms with Crippen LogP contribution >= 0.6 is 11.3 Å². The summed E-state index contributed by atoms with van der Waals surface area (Å²) < 4.78 is 9.47. The van der Waals surface area contributed by atoms with Crippen LogP contribution in [0.1, 0.15) is 49.3 Å². The molecule has 0 radical (unpaired) electrons. The molecule has 1 aliphatic heterocycles. The van der Waals surface area contributed by atoms with Crippen LogP contribution in [0, 0.1) is 13.8 Å². The van der Waals surface area contributed by atoms with Gasteiger partial charge in [0.05, 0.1) is 34.1 Å². The minimum absolute atomic E-state index is 0.187. The summed E-state index contributed by atoms with van der Waals surface area (Å²) >= 11 is 1.33. The summed E-state index contributed by atoms with van der Waals surface area (Å²) in [6.07, 6.45) is 1.89. The molecule has 0 bridgehead atoms. The fraction of sp³-hybridized carbons (Fsp3) is 0.385. The fourth-order valence-electron chi connectivity index (χ4n) is 4.42. The Bertz CT molecular complexity index is 1490. The van der Waals surface area contributed by atoms with Gasteiger partial charge in [-0.1, -0.05) is 23.5 Å². The zero-order chi connectivity index (χ0) is 25.4. The number of esters is 1. The molecule has 2 aromatic heterocycles. The van der Waals surface area contributed by atoms with E-state index in [0.717, 1.165) is 34.7 Å². The third-order valence-electron chi connectivity index (χ3n) is 6.25. The molecule has 3 aromatic rings. The first kappa shape index (κ1) is 24.7. The van der Waals surface area contributed by atoms with Gasteiger partial charge in [0, 0.05) is 37.6 Å². The lowest BCUT2D eigenvalue weighted by molar-refractivity contribution is -0.139. The van der Waals surface area contributed by atoms with Crippen molar-refractivity contribution in [1.29, 1.82) is 0 Å². The van der Waals surface area contributed by atoms with Crippen molar-refractivity contribution >= 4 is 29.1 Å². The number of fused-ring (bicyclic) bond motifs is 1. The number of aryl methyl sites for hydroxylation is 2. The van der Waals surface area contributed by atoms with Crippen molar-refractivity contribution in [3.05, 3.63) is 77.7 Å². The summed E-state index contributed by atoms with van der Waals surface area (Å²) in [5.74, 6) is -0.458. The maximum absolute atomic E-state index is 13.8. The standard InChI is InChI=1S/C26H31N5O3S/c1-8-30-17(5)20(15(3)28-30)14-21-24(32)31-23(18-10-12-19(13-11-18)29(6)7)22(25(33)34-9-2)16(4)27-26(31)35-21/h10-14,23H,8-9H2,1-7H3/b21-14+/t23-/m0/s1. The number of aromatic nitrogens is 3. The molecule has 0 spiro atoms. The number of thiazole rings is 1. The first-order valence-electron chi connectivity index (χ1n) is 11.7. The van der Waals surface area contributed by atoms with Crippen LogP contribution < -0.4 is 19.8 Å². The topological polar surface area (TPSA) is 81.7 Å². The van der Waals surface area contributed by atoms with Gasteiger partial charge >= 0.3 is 5.97 Å². The van der Waals surface area contributed by atoms with E-state index in [2.05, 4.69) is 10.1 Å². The summed E-state index contributed by atoms with van der Waals surface area (Å²) in [5.41, 5.74) is 5.42. The van der Waals surface area contributed by atoms with Crippen LogP contribution in [-0.2, 0) is 16.1 Å². The largest absolute Gasteiger partial charge is 0.463 e. The van der Waals surface area contributed by atoms with E-state index in [1.54, 1.807) is 18.4 Å². The number of anilines is 1. The number of nitrogens with zero attached hydrogens (tertiary/aromatic N) is 5. The van der Waals surface area contributed by atoms with Gasteiger partial charge in [0.2, 0.25) is 0 Å². The first-order valence-corrected chi connectivity index (χ1v) is 12.5. The van der Waals surface area contributed by atoms with Gasteiger partial charge in [-0.25, -0.2) is 9.79 Å². The Balaban J connectivity index is 1.95. The number of hydrogen-bond acceptors (Lipinski definition) is 7. The second kappa shape index (κ2) is 9.65. The molecule has 0 saturated heterocycles. The maximum atomic E-state index is 13.8. The van der Waals surface area contributed by atoms with Crippen molar-refractivity contribution in [1.82, 2.24) is 14.3 Å². The van der Waals surface area contributed by atoms with E-state index in [4.69, 9.17) is 4.74 Å². The van der Waals surface area contributed by atoms with Crippen molar-refractivity contribution in [2.24, 2.45) is 4.99 Å². The number of allylic oxidation sites excluding steroid dienone is 1. The highest BCUT2D eigenvalue weighted by Gasteiger charge is 2.33. The molecule has 1 atom stereocenters. The van der Waals surface area contributed by atoms with Gasteiger partial charge in [0.15, 0.2) is 4.80 Å². The Morgan fingerprint density at radius 1 is 1.17 bits per heavy atom. The predicted molar refractivity (Wildman–Crippen MR) is 139 cm³/mol. The van der Waals surface area contributed by atoms with Crippen LogP contribution in [0.5, 0.6) is 0 Å². The monoisotopic (exact) mass is 493 g/mol. The molecular weight excluding hydrogens is 462 g/mol. The highest BCUT2D eigenvalue weighted by molar-refractivity contribution is 7.07. The smallest absolute Gasteiger partial charge is 0.338 e. The zero-order valence-corrected chi connectivity index (χ0v) is 22.1. The lowest BCUT2D eigenvalue weighted by Crippen LogP contribution is -2.40. The van der Waals surface area contributed by atoms with E-state index in [9.17, 15) is 9.59 Å². The quantitative estimate of drug-likeness (QED) is 0.493. The van der Waals surface area contributed by atoms with Crippen LogP contribution in [0.4, 0.5) is 5.69 Å². The number of carbonyl (C=O) groups excluding carboxylic acids is 1. The molecular formula is C26H31N5O3S. The second-order valence-corrected chi connectivity index (χ2v) is 9.70. The summed E-state index contributed by atoms with van der Waals surface area (Å²) in [4.78, 5) is 34.0. The van der Waals surface area contributed by atoms with Crippen LogP contribution in [-0.4, -0.2) is 41.0 Å². The van der Waals surface area contributed by atoms with Gasteiger partial charge in [-0.15, -0.1) is 0 Å². The first-order chi connectivity index (χ1) is 16.7. The third-order valence-corrected chi connectivity index (χ3v) is 7.24. The average Bonchev–Trinajstić information content (AvgIpc) is 3.28. The summed E-state index contributed by atoms with van der Waals surface area (Å²) in [6.45, 7) is 10.6.